The molecule has 0 bridgehead atoms. The molecule has 142 valence electrons. The lowest BCUT2D eigenvalue weighted by atomic mass is 9.94. The fourth-order valence-electron chi connectivity index (χ4n) is 3.09. The molecule has 2 aliphatic rings. The van der Waals surface area contributed by atoms with Crippen molar-refractivity contribution in [3.05, 3.63) is 56.7 Å². The van der Waals surface area contributed by atoms with E-state index in [0.717, 1.165) is 5.56 Å². The Kier molecular flexibility index (Phi) is 5.62. The standard InChI is InChI=1S/C19H19ClN2O4S/c1-5-26-18(24)16-11(3)22-15(12-6-8-13(20)9-7-12)14(17(23)25-4)10(2)21-19(22)27-16/h6-9,15H,5H2,1-4H3/t15-/m1/s1. The summed E-state index contributed by atoms with van der Waals surface area (Å²) in [7, 11) is 1.34. The number of hydrogen-bond donors (Lipinski definition) is 0. The number of halogens is 1. The summed E-state index contributed by atoms with van der Waals surface area (Å²) in [5.41, 5.74) is 2.51. The number of esters is 2. The predicted molar refractivity (Wildman–Crippen MR) is 105 cm³/mol. The Balaban J connectivity index is 2.15. The Morgan fingerprint density at radius 3 is 2.48 bits per heavy atom. The van der Waals surface area contributed by atoms with Gasteiger partial charge in [0.1, 0.15) is 4.91 Å². The van der Waals surface area contributed by atoms with Gasteiger partial charge in [-0.2, -0.15) is 0 Å². The van der Waals surface area contributed by atoms with Gasteiger partial charge in [-0.3, -0.25) is 0 Å². The van der Waals surface area contributed by atoms with Crippen LogP contribution in [0.5, 0.6) is 0 Å². The number of carbonyl (C=O) groups is 2. The lowest BCUT2D eigenvalue weighted by molar-refractivity contribution is -0.138. The zero-order valence-electron chi connectivity index (χ0n) is 15.4. The minimum atomic E-state index is -0.471. The van der Waals surface area contributed by atoms with Gasteiger partial charge < -0.3 is 14.4 Å². The number of nitrogens with zero attached hydrogens (tertiary/aromatic N) is 2. The summed E-state index contributed by atoms with van der Waals surface area (Å²) >= 11 is 7.28. The molecule has 0 aromatic heterocycles. The van der Waals surface area contributed by atoms with E-state index in [9.17, 15) is 9.59 Å². The highest BCUT2D eigenvalue weighted by Crippen LogP contribution is 2.47. The minimum Gasteiger partial charge on any atom is -0.466 e. The van der Waals surface area contributed by atoms with Gasteiger partial charge in [0, 0.05) is 10.7 Å². The minimum absolute atomic E-state index is 0.286. The second-order valence-corrected chi connectivity index (χ2v) is 7.36. The first kappa shape index (κ1) is 19.5. The van der Waals surface area contributed by atoms with Gasteiger partial charge in [-0.15, -0.1) is 0 Å². The van der Waals surface area contributed by atoms with Gasteiger partial charge in [0.25, 0.3) is 0 Å². The predicted octanol–water partition coefficient (Wildman–Crippen LogP) is 4.04. The Morgan fingerprint density at radius 1 is 1.22 bits per heavy atom. The molecule has 0 fully saturated rings. The summed E-state index contributed by atoms with van der Waals surface area (Å²) in [6, 6.07) is 6.77. The van der Waals surface area contributed by atoms with Crippen LogP contribution in [0.4, 0.5) is 0 Å². The monoisotopic (exact) mass is 406 g/mol. The van der Waals surface area contributed by atoms with Crippen LogP contribution in [-0.2, 0) is 19.1 Å². The number of methoxy groups -OCH3 is 1. The molecular weight excluding hydrogens is 388 g/mol. The van der Waals surface area contributed by atoms with Gasteiger partial charge in [-0.05, 0) is 50.2 Å². The number of hydrogen-bond acceptors (Lipinski definition) is 7. The van der Waals surface area contributed by atoms with Crippen LogP contribution < -0.4 is 0 Å². The topological polar surface area (TPSA) is 68.2 Å². The van der Waals surface area contributed by atoms with E-state index in [1.54, 1.807) is 26.0 Å². The third-order valence-corrected chi connectivity index (χ3v) is 5.71. The Bertz CT molecular complexity index is 889. The summed E-state index contributed by atoms with van der Waals surface area (Å²) in [5, 5.41) is 1.22. The third-order valence-electron chi connectivity index (χ3n) is 4.33. The highest BCUT2D eigenvalue weighted by Gasteiger charge is 2.43. The highest BCUT2D eigenvalue weighted by molar-refractivity contribution is 8.18. The molecule has 8 heteroatoms. The van der Waals surface area contributed by atoms with Crippen molar-refractivity contribution in [3.8, 4) is 0 Å². The SMILES string of the molecule is CCOC(=O)C1=C(C)N2C(=NC(C)=C(C(=O)OC)[C@H]2c2ccc(Cl)cc2)S1. The number of rotatable bonds is 4. The van der Waals surface area contributed by atoms with Crippen molar-refractivity contribution >= 4 is 40.5 Å². The lowest BCUT2D eigenvalue weighted by Gasteiger charge is -2.35. The average molecular weight is 407 g/mol. The Hall–Kier alpha value is -2.25. The second-order valence-electron chi connectivity index (χ2n) is 5.95. The Labute approximate surface area is 166 Å². The second kappa shape index (κ2) is 7.78. The summed E-state index contributed by atoms with van der Waals surface area (Å²) < 4.78 is 10.2. The third kappa shape index (κ3) is 3.49. The maximum Gasteiger partial charge on any atom is 0.346 e. The van der Waals surface area contributed by atoms with E-state index < -0.39 is 18.0 Å². The van der Waals surface area contributed by atoms with E-state index in [1.807, 2.05) is 24.0 Å². The largest absolute Gasteiger partial charge is 0.466 e. The van der Waals surface area contributed by atoms with Gasteiger partial charge in [0.05, 0.1) is 31.0 Å². The van der Waals surface area contributed by atoms with Crippen molar-refractivity contribution in [3.63, 3.8) is 0 Å². The first-order valence-electron chi connectivity index (χ1n) is 8.37. The number of thioether (sulfide) groups is 1. The molecule has 0 radical (unpaired) electrons. The first-order valence-corrected chi connectivity index (χ1v) is 9.56. The van der Waals surface area contributed by atoms with Gasteiger partial charge in [-0.25, -0.2) is 14.6 Å². The fraction of sp³-hybridized carbons (Fsp3) is 0.316. The van der Waals surface area contributed by atoms with Gasteiger partial charge in [0.2, 0.25) is 0 Å². The number of aliphatic imine (C=N–C) groups is 1. The summed E-state index contributed by atoms with van der Waals surface area (Å²) in [6.07, 6.45) is 0. The molecular formula is C19H19ClN2O4S. The van der Waals surface area contributed by atoms with Crippen LogP contribution >= 0.6 is 23.4 Å². The quantitative estimate of drug-likeness (QED) is 0.703. The summed E-state index contributed by atoms with van der Waals surface area (Å²) in [5.74, 6) is -0.859. The number of allylic oxidation sites excluding steroid dienone is 2. The molecule has 0 N–H and O–H groups in total. The average Bonchev–Trinajstić information content (AvgIpc) is 2.97. The maximum atomic E-state index is 12.5. The first-order chi connectivity index (χ1) is 12.9. The van der Waals surface area contributed by atoms with Crippen molar-refractivity contribution in [2.45, 2.75) is 26.8 Å². The van der Waals surface area contributed by atoms with Gasteiger partial charge in [0.15, 0.2) is 5.17 Å². The highest BCUT2D eigenvalue weighted by atomic mass is 35.5. The number of fused-ring (bicyclic) bond motifs is 1. The zero-order valence-corrected chi connectivity index (χ0v) is 17.0. The molecule has 1 atom stereocenters. The molecule has 2 heterocycles. The van der Waals surface area contributed by atoms with Crippen LogP contribution in [0.1, 0.15) is 32.4 Å². The molecule has 1 aromatic rings. The number of amidine groups is 1. The fourth-order valence-corrected chi connectivity index (χ4v) is 4.31. The maximum absolute atomic E-state index is 12.5. The van der Waals surface area contributed by atoms with Crippen molar-refractivity contribution in [2.75, 3.05) is 13.7 Å². The normalized spacial score (nSPS) is 19.1. The van der Waals surface area contributed by atoms with Gasteiger partial charge in [-0.1, -0.05) is 23.7 Å². The van der Waals surface area contributed by atoms with Gasteiger partial charge >= 0.3 is 11.9 Å². The van der Waals surface area contributed by atoms with Crippen molar-refractivity contribution in [1.82, 2.24) is 4.90 Å². The van der Waals surface area contributed by atoms with E-state index in [0.29, 0.717) is 32.1 Å². The molecule has 0 aliphatic carbocycles. The molecule has 1 aromatic carbocycles. The molecule has 0 spiro atoms. The summed E-state index contributed by atoms with van der Waals surface area (Å²) in [4.78, 5) is 31.7. The van der Waals surface area contributed by atoms with Crippen LogP contribution in [0, 0.1) is 0 Å². The van der Waals surface area contributed by atoms with Crippen LogP contribution in [-0.4, -0.2) is 35.7 Å². The van der Waals surface area contributed by atoms with Crippen molar-refractivity contribution < 1.29 is 19.1 Å². The molecule has 6 nitrogen and oxygen atoms in total. The molecule has 27 heavy (non-hydrogen) atoms. The molecule has 0 amide bonds. The van der Waals surface area contributed by atoms with Crippen LogP contribution in [0.2, 0.25) is 5.02 Å². The molecule has 0 saturated carbocycles. The molecule has 3 rings (SSSR count). The van der Waals surface area contributed by atoms with E-state index in [2.05, 4.69) is 4.99 Å². The van der Waals surface area contributed by atoms with Crippen LogP contribution in [0.25, 0.3) is 0 Å². The smallest absolute Gasteiger partial charge is 0.346 e. The van der Waals surface area contributed by atoms with E-state index in [-0.39, 0.29) is 6.61 Å². The lowest BCUT2D eigenvalue weighted by Crippen LogP contribution is -2.36. The number of ether oxygens (including phenoxy) is 2. The Morgan fingerprint density at radius 2 is 1.89 bits per heavy atom. The van der Waals surface area contributed by atoms with E-state index >= 15 is 0 Å². The molecule has 0 saturated heterocycles. The van der Waals surface area contributed by atoms with Crippen molar-refractivity contribution in [2.24, 2.45) is 4.99 Å². The van der Waals surface area contributed by atoms with Crippen LogP contribution in [0.3, 0.4) is 0 Å². The van der Waals surface area contributed by atoms with E-state index in [4.69, 9.17) is 21.1 Å². The van der Waals surface area contributed by atoms with Crippen LogP contribution in [0.15, 0.2) is 51.1 Å². The zero-order chi connectivity index (χ0) is 19.7. The number of benzene rings is 1. The molecule has 2 aliphatic heterocycles. The summed E-state index contributed by atoms with van der Waals surface area (Å²) in [6.45, 7) is 5.63. The van der Waals surface area contributed by atoms with Crippen molar-refractivity contribution in [1.29, 1.82) is 0 Å². The van der Waals surface area contributed by atoms with E-state index in [1.165, 1.54) is 18.9 Å². The number of carbonyl (C=O) groups excluding carboxylic acids is 2. The molecule has 0 unspecified atom stereocenters.